The number of ether oxygens (including phenoxy) is 1. The number of carbonyl (C=O) groups excluding carboxylic acids is 3. The fourth-order valence-electron chi connectivity index (χ4n) is 2.55. The number of carbonyl (C=O) groups is 3. The van der Waals surface area contributed by atoms with Gasteiger partial charge in [0.1, 0.15) is 0 Å². The van der Waals surface area contributed by atoms with Gasteiger partial charge in [0.25, 0.3) is 5.91 Å². The highest BCUT2D eigenvalue weighted by molar-refractivity contribution is 5.95. The molecule has 1 aliphatic heterocycles. The van der Waals surface area contributed by atoms with Gasteiger partial charge >= 0.3 is 6.03 Å². The number of imide groups is 1. The second kappa shape index (κ2) is 9.75. The molecule has 0 atom stereocenters. The molecular formula is C17H24N4O4. The van der Waals surface area contributed by atoms with E-state index in [2.05, 4.69) is 10.6 Å². The first-order chi connectivity index (χ1) is 12.1. The smallest absolute Gasteiger partial charge is 0.321 e. The lowest BCUT2D eigenvalue weighted by Gasteiger charge is -2.34. The van der Waals surface area contributed by atoms with Crippen LogP contribution in [0, 0.1) is 0 Å². The Balaban J connectivity index is 1.70. The molecule has 25 heavy (non-hydrogen) atoms. The van der Waals surface area contributed by atoms with Crippen LogP contribution in [0.5, 0.6) is 0 Å². The topological polar surface area (TPSA) is 91.0 Å². The molecule has 1 saturated heterocycles. The van der Waals surface area contributed by atoms with Crippen LogP contribution in [-0.2, 0) is 9.53 Å². The van der Waals surface area contributed by atoms with E-state index < -0.39 is 6.03 Å². The monoisotopic (exact) mass is 348 g/mol. The Morgan fingerprint density at radius 3 is 2.40 bits per heavy atom. The van der Waals surface area contributed by atoms with E-state index in [1.807, 2.05) is 23.1 Å². The zero-order valence-corrected chi connectivity index (χ0v) is 14.4. The van der Waals surface area contributed by atoms with E-state index in [1.54, 1.807) is 17.0 Å². The largest absolute Gasteiger partial charge is 0.383 e. The molecular weight excluding hydrogens is 324 g/mol. The third-order valence-corrected chi connectivity index (χ3v) is 3.89. The van der Waals surface area contributed by atoms with Crippen LogP contribution in [0.2, 0.25) is 0 Å². The molecule has 136 valence electrons. The van der Waals surface area contributed by atoms with Crippen LogP contribution in [0.15, 0.2) is 30.3 Å². The lowest BCUT2D eigenvalue weighted by molar-refractivity contribution is -0.121. The molecule has 0 radical (unpaired) electrons. The number of amides is 4. The van der Waals surface area contributed by atoms with Crippen molar-refractivity contribution in [3.63, 3.8) is 0 Å². The zero-order chi connectivity index (χ0) is 18.1. The number of hydrogen-bond donors (Lipinski definition) is 2. The van der Waals surface area contributed by atoms with Gasteiger partial charge < -0.3 is 15.0 Å². The zero-order valence-electron chi connectivity index (χ0n) is 14.4. The standard InChI is InChI=1S/C17H24N4O4/c1-25-12-7-18-17(24)19-15(22)13-20-8-10-21(11-9-20)16(23)14-5-3-2-4-6-14/h2-6H,7-13H2,1H3,(H2,18,19,22,24). The van der Waals surface area contributed by atoms with Crippen LogP contribution in [0.25, 0.3) is 0 Å². The average molecular weight is 348 g/mol. The number of nitrogens with one attached hydrogen (secondary N) is 2. The van der Waals surface area contributed by atoms with Crippen LogP contribution < -0.4 is 10.6 Å². The van der Waals surface area contributed by atoms with E-state index in [4.69, 9.17) is 4.74 Å². The van der Waals surface area contributed by atoms with E-state index in [1.165, 1.54) is 7.11 Å². The van der Waals surface area contributed by atoms with Crippen LogP contribution in [-0.4, -0.2) is 80.6 Å². The van der Waals surface area contributed by atoms with Gasteiger partial charge in [-0.05, 0) is 12.1 Å². The maximum atomic E-state index is 12.4. The maximum Gasteiger partial charge on any atom is 0.321 e. The third kappa shape index (κ3) is 6.17. The molecule has 0 aromatic heterocycles. The van der Waals surface area contributed by atoms with Crippen molar-refractivity contribution >= 4 is 17.8 Å². The molecule has 2 N–H and O–H groups in total. The molecule has 1 fully saturated rings. The molecule has 0 unspecified atom stereocenters. The van der Waals surface area contributed by atoms with Gasteiger partial charge in [-0.3, -0.25) is 19.8 Å². The number of nitrogens with zero attached hydrogens (tertiary/aromatic N) is 2. The summed E-state index contributed by atoms with van der Waals surface area (Å²) in [4.78, 5) is 39.4. The summed E-state index contributed by atoms with van der Waals surface area (Å²) in [5.74, 6) is -0.361. The van der Waals surface area contributed by atoms with Gasteiger partial charge in [-0.25, -0.2) is 4.79 Å². The summed E-state index contributed by atoms with van der Waals surface area (Å²) in [6.45, 7) is 3.16. The van der Waals surface area contributed by atoms with E-state index in [9.17, 15) is 14.4 Å². The SMILES string of the molecule is COCCNC(=O)NC(=O)CN1CCN(C(=O)c2ccccc2)CC1. The summed E-state index contributed by atoms with van der Waals surface area (Å²) in [6, 6.07) is 8.62. The molecule has 0 spiro atoms. The first kappa shape index (κ1) is 18.9. The lowest BCUT2D eigenvalue weighted by Crippen LogP contribution is -2.52. The van der Waals surface area contributed by atoms with Crippen molar-refractivity contribution in [2.75, 3.05) is 53.0 Å². The normalized spacial score (nSPS) is 14.8. The summed E-state index contributed by atoms with van der Waals surface area (Å²) in [6.07, 6.45) is 0. The number of methoxy groups -OCH3 is 1. The molecule has 8 heteroatoms. The van der Waals surface area contributed by atoms with E-state index in [-0.39, 0.29) is 18.4 Å². The Labute approximate surface area is 147 Å². The predicted molar refractivity (Wildman–Crippen MR) is 92.2 cm³/mol. The maximum absolute atomic E-state index is 12.4. The summed E-state index contributed by atoms with van der Waals surface area (Å²) in [5, 5.41) is 4.80. The van der Waals surface area contributed by atoms with Crippen molar-refractivity contribution in [3.8, 4) is 0 Å². The highest BCUT2D eigenvalue weighted by Gasteiger charge is 2.23. The van der Waals surface area contributed by atoms with E-state index in [0.717, 1.165) is 0 Å². The Morgan fingerprint density at radius 2 is 1.76 bits per heavy atom. The van der Waals surface area contributed by atoms with Crippen LogP contribution in [0.1, 0.15) is 10.4 Å². The first-order valence-corrected chi connectivity index (χ1v) is 8.23. The minimum absolute atomic E-state index is 0.00206. The Bertz CT molecular complexity index is 586. The first-order valence-electron chi connectivity index (χ1n) is 8.23. The number of urea groups is 1. The molecule has 0 aliphatic carbocycles. The summed E-state index contributed by atoms with van der Waals surface area (Å²) >= 11 is 0. The fraction of sp³-hybridized carbons (Fsp3) is 0.471. The third-order valence-electron chi connectivity index (χ3n) is 3.89. The average Bonchev–Trinajstić information content (AvgIpc) is 2.62. The second-order valence-electron chi connectivity index (χ2n) is 5.73. The molecule has 1 aromatic rings. The molecule has 0 saturated carbocycles. The number of hydrogen-bond acceptors (Lipinski definition) is 5. The van der Waals surface area contributed by atoms with Gasteiger partial charge in [0.15, 0.2) is 0 Å². The molecule has 4 amide bonds. The molecule has 2 rings (SSSR count). The molecule has 1 aliphatic rings. The van der Waals surface area contributed by atoms with Crippen molar-refractivity contribution in [2.45, 2.75) is 0 Å². The van der Waals surface area contributed by atoms with Gasteiger partial charge in [-0.1, -0.05) is 18.2 Å². The molecule has 0 bridgehead atoms. The van der Waals surface area contributed by atoms with E-state index in [0.29, 0.717) is 44.9 Å². The van der Waals surface area contributed by atoms with E-state index >= 15 is 0 Å². The lowest BCUT2D eigenvalue weighted by atomic mass is 10.2. The number of piperazine rings is 1. The summed E-state index contributed by atoms with van der Waals surface area (Å²) in [7, 11) is 1.53. The van der Waals surface area contributed by atoms with Crippen LogP contribution in [0.4, 0.5) is 4.79 Å². The minimum Gasteiger partial charge on any atom is -0.383 e. The van der Waals surface area contributed by atoms with Gasteiger partial charge in [-0.15, -0.1) is 0 Å². The molecule has 1 heterocycles. The van der Waals surface area contributed by atoms with Gasteiger partial charge in [-0.2, -0.15) is 0 Å². The number of rotatable bonds is 6. The Morgan fingerprint density at radius 1 is 1.08 bits per heavy atom. The predicted octanol–water partition coefficient (Wildman–Crippen LogP) is -0.0834. The highest BCUT2D eigenvalue weighted by atomic mass is 16.5. The van der Waals surface area contributed by atoms with Crippen LogP contribution >= 0.6 is 0 Å². The highest BCUT2D eigenvalue weighted by Crippen LogP contribution is 2.08. The minimum atomic E-state index is -0.528. The van der Waals surface area contributed by atoms with Crippen molar-refractivity contribution in [3.05, 3.63) is 35.9 Å². The van der Waals surface area contributed by atoms with Gasteiger partial charge in [0.2, 0.25) is 5.91 Å². The fourth-order valence-corrected chi connectivity index (χ4v) is 2.55. The summed E-state index contributed by atoms with van der Waals surface area (Å²) in [5.41, 5.74) is 0.668. The van der Waals surface area contributed by atoms with Crippen molar-refractivity contribution < 1.29 is 19.1 Å². The Hall–Kier alpha value is -2.45. The van der Waals surface area contributed by atoms with Crippen molar-refractivity contribution in [1.29, 1.82) is 0 Å². The Kier molecular flexibility index (Phi) is 7.36. The van der Waals surface area contributed by atoms with Gasteiger partial charge in [0.05, 0.1) is 13.2 Å². The second-order valence-corrected chi connectivity index (χ2v) is 5.73. The van der Waals surface area contributed by atoms with Crippen molar-refractivity contribution in [1.82, 2.24) is 20.4 Å². The quantitative estimate of drug-likeness (QED) is 0.702. The molecule has 8 nitrogen and oxygen atoms in total. The number of benzene rings is 1. The van der Waals surface area contributed by atoms with Crippen molar-refractivity contribution in [2.24, 2.45) is 0 Å². The molecule has 1 aromatic carbocycles. The van der Waals surface area contributed by atoms with Gasteiger partial charge in [0, 0.05) is 45.4 Å². The summed E-state index contributed by atoms with van der Waals surface area (Å²) < 4.78 is 4.81. The van der Waals surface area contributed by atoms with Crippen LogP contribution in [0.3, 0.4) is 0 Å².